The van der Waals surface area contributed by atoms with Gasteiger partial charge < -0.3 is 0 Å². The van der Waals surface area contributed by atoms with Gasteiger partial charge in [-0.1, -0.05) is 27.5 Å². The van der Waals surface area contributed by atoms with Gasteiger partial charge in [-0.2, -0.15) is 5.26 Å². The van der Waals surface area contributed by atoms with Crippen molar-refractivity contribution in [3.05, 3.63) is 34.1 Å². The summed E-state index contributed by atoms with van der Waals surface area (Å²) in [4.78, 5) is 0. The average Bonchev–Trinajstić information content (AvgIpc) is 2.08. The number of hydrogen-bond acceptors (Lipinski definition) is 1. The summed E-state index contributed by atoms with van der Waals surface area (Å²) in [5.74, 6) is -0.439. The molecule has 0 bridgehead atoms. The number of benzene rings is 1. The van der Waals surface area contributed by atoms with Crippen LogP contribution in [0.3, 0.4) is 0 Å². The number of rotatable bonds is 1. The Kier molecular flexibility index (Phi) is 3.07. The maximum absolute atomic E-state index is 12.8. The molecule has 0 aromatic heterocycles. The van der Waals surface area contributed by atoms with Gasteiger partial charge in [-0.15, -0.1) is 0 Å². The van der Waals surface area contributed by atoms with E-state index in [0.717, 1.165) is 6.07 Å². The molecule has 0 aliphatic carbocycles. The van der Waals surface area contributed by atoms with Crippen molar-refractivity contribution in [2.45, 2.75) is 5.33 Å². The third kappa shape index (κ3) is 1.77. The van der Waals surface area contributed by atoms with Gasteiger partial charge in [0.2, 0.25) is 0 Å². The highest BCUT2D eigenvalue weighted by Crippen LogP contribution is 2.23. The van der Waals surface area contributed by atoms with Gasteiger partial charge in [0.25, 0.3) is 0 Å². The Labute approximate surface area is 82.9 Å². The average molecular weight is 248 g/mol. The summed E-state index contributed by atoms with van der Waals surface area (Å²) in [6, 6.07) is 4.24. The molecular weight excluding hydrogens is 244 g/mol. The number of nitriles is 1. The van der Waals surface area contributed by atoms with E-state index in [4.69, 9.17) is 16.9 Å². The minimum atomic E-state index is -0.439. The summed E-state index contributed by atoms with van der Waals surface area (Å²) in [5, 5.41) is 9.30. The minimum Gasteiger partial charge on any atom is -0.207 e. The zero-order valence-corrected chi connectivity index (χ0v) is 8.28. The second-order valence-electron chi connectivity index (χ2n) is 2.17. The normalized spacial score (nSPS) is 9.50. The van der Waals surface area contributed by atoms with Crippen LogP contribution in [-0.4, -0.2) is 0 Å². The Morgan fingerprint density at radius 2 is 2.25 bits per heavy atom. The predicted molar refractivity (Wildman–Crippen MR) is 48.8 cm³/mol. The first-order valence-electron chi connectivity index (χ1n) is 3.13. The molecule has 4 heteroatoms. The molecule has 1 aromatic rings. The highest BCUT2D eigenvalue weighted by atomic mass is 79.9. The zero-order valence-electron chi connectivity index (χ0n) is 5.94. The Balaban J connectivity index is 3.34. The van der Waals surface area contributed by atoms with E-state index in [1.807, 2.05) is 6.07 Å². The largest absolute Gasteiger partial charge is 0.207 e. The van der Waals surface area contributed by atoms with Crippen LogP contribution >= 0.6 is 27.5 Å². The van der Waals surface area contributed by atoms with Crippen LogP contribution in [0.1, 0.15) is 11.1 Å². The molecule has 0 aliphatic heterocycles. The molecule has 0 amide bonds. The van der Waals surface area contributed by atoms with Crippen LogP contribution in [-0.2, 0) is 5.33 Å². The van der Waals surface area contributed by atoms with Crippen LogP contribution in [0.15, 0.2) is 12.1 Å². The summed E-state index contributed by atoms with van der Waals surface area (Å²) >= 11 is 8.91. The number of nitrogens with zero attached hydrogens (tertiary/aromatic N) is 1. The van der Waals surface area contributed by atoms with E-state index in [9.17, 15) is 4.39 Å². The molecule has 0 saturated heterocycles. The van der Waals surface area contributed by atoms with Crippen molar-refractivity contribution >= 4 is 27.5 Å². The molecule has 0 spiro atoms. The standard InChI is InChI=1S/C8H4BrClFN/c9-3-5-1-7(11)2-6(4-12)8(5)10/h1-2H,3H2. The Morgan fingerprint density at radius 1 is 1.58 bits per heavy atom. The van der Waals surface area contributed by atoms with Gasteiger partial charge >= 0.3 is 0 Å². The number of halogens is 3. The lowest BCUT2D eigenvalue weighted by atomic mass is 10.1. The molecule has 0 unspecified atom stereocenters. The molecule has 0 aliphatic rings. The lowest BCUT2D eigenvalue weighted by Gasteiger charge is -2.01. The minimum absolute atomic E-state index is 0.172. The third-order valence-electron chi connectivity index (χ3n) is 1.38. The smallest absolute Gasteiger partial charge is 0.124 e. The van der Waals surface area contributed by atoms with Crippen molar-refractivity contribution in [2.75, 3.05) is 0 Å². The van der Waals surface area contributed by atoms with Crippen molar-refractivity contribution in [1.29, 1.82) is 5.26 Å². The Morgan fingerprint density at radius 3 is 2.75 bits per heavy atom. The first-order valence-corrected chi connectivity index (χ1v) is 4.63. The zero-order chi connectivity index (χ0) is 9.14. The second-order valence-corrected chi connectivity index (χ2v) is 3.11. The van der Waals surface area contributed by atoms with Gasteiger partial charge in [0.15, 0.2) is 0 Å². The molecular formula is C8H4BrClFN. The van der Waals surface area contributed by atoms with Crippen molar-refractivity contribution in [3.63, 3.8) is 0 Å². The summed E-state index contributed by atoms with van der Waals surface area (Å²) in [7, 11) is 0. The van der Waals surface area contributed by atoms with Gasteiger partial charge in [-0.05, 0) is 17.7 Å². The van der Waals surface area contributed by atoms with Gasteiger partial charge in [0.05, 0.1) is 10.6 Å². The molecule has 0 radical (unpaired) electrons. The van der Waals surface area contributed by atoms with Crippen LogP contribution in [0.5, 0.6) is 0 Å². The summed E-state index contributed by atoms with van der Waals surface area (Å²) in [6.45, 7) is 0. The third-order valence-corrected chi connectivity index (χ3v) is 2.43. The van der Waals surface area contributed by atoms with Crippen molar-refractivity contribution < 1.29 is 4.39 Å². The van der Waals surface area contributed by atoms with E-state index < -0.39 is 5.82 Å². The van der Waals surface area contributed by atoms with E-state index in [1.54, 1.807) is 0 Å². The fraction of sp³-hybridized carbons (Fsp3) is 0.125. The molecule has 0 fully saturated rings. The van der Waals surface area contributed by atoms with E-state index in [1.165, 1.54) is 6.07 Å². The Hall–Kier alpha value is -0.590. The topological polar surface area (TPSA) is 23.8 Å². The second kappa shape index (κ2) is 3.88. The van der Waals surface area contributed by atoms with Crippen LogP contribution in [0, 0.1) is 17.1 Å². The van der Waals surface area contributed by atoms with Crippen molar-refractivity contribution in [3.8, 4) is 6.07 Å². The molecule has 0 N–H and O–H groups in total. The van der Waals surface area contributed by atoms with Crippen molar-refractivity contribution in [2.24, 2.45) is 0 Å². The predicted octanol–water partition coefficient (Wildman–Crippen LogP) is 3.25. The summed E-state index contributed by atoms with van der Waals surface area (Å²) in [6.07, 6.45) is 0. The van der Waals surface area contributed by atoms with Gasteiger partial charge in [-0.25, -0.2) is 4.39 Å². The number of alkyl halides is 1. The highest BCUT2D eigenvalue weighted by molar-refractivity contribution is 9.08. The molecule has 62 valence electrons. The lowest BCUT2D eigenvalue weighted by molar-refractivity contribution is 0.626. The van der Waals surface area contributed by atoms with Crippen LogP contribution in [0.25, 0.3) is 0 Å². The first-order chi connectivity index (χ1) is 5.69. The fourth-order valence-corrected chi connectivity index (χ4v) is 1.65. The first kappa shape index (κ1) is 9.50. The monoisotopic (exact) mass is 247 g/mol. The van der Waals surface area contributed by atoms with E-state index in [0.29, 0.717) is 15.9 Å². The SMILES string of the molecule is N#Cc1cc(F)cc(CBr)c1Cl. The van der Waals surface area contributed by atoms with Gasteiger partial charge in [-0.3, -0.25) is 0 Å². The lowest BCUT2D eigenvalue weighted by Crippen LogP contribution is -1.87. The summed E-state index contributed by atoms with van der Waals surface area (Å²) in [5.41, 5.74) is 0.763. The van der Waals surface area contributed by atoms with E-state index in [2.05, 4.69) is 15.9 Å². The molecule has 0 saturated carbocycles. The molecule has 12 heavy (non-hydrogen) atoms. The van der Waals surface area contributed by atoms with Gasteiger partial charge in [0, 0.05) is 5.33 Å². The van der Waals surface area contributed by atoms with Crippen LogP contribution < -0.4 is 0 Å². The van der Waals surface area contributed by atoms with Crippen LogP contribution in [0.4, 0.5) is 4.39 Å². The maximum atomic E-state index is 12.8. The van der Waals surface area contributed by atoms with E-state index >= 15 is 0 Å². The fourth-order valence-electron chi connectivity index (χ4n) is 0.824. The maximum Gasteiger partial charge on any atom is 0.124 e. The number of hydrogen-bond donors (Lipinski definition) is 0. The molecule has 1 rings (SSSR count). The molecule has 0 atom stereocenters. The van der Waals surface area contributed by atoms with E-state index in [-0.39, 0.29) is 5.56 Å². The quantitative estimate of drug-likeness (QED) is 0.700. The Bertz CT molecular complexity index is 346. The molecule has 1 aromatic carbocycles. The molecule has 0 heterocycles. The van der Waals surface area contributed by atoms with Gasteiger partial charge in [0.1, 0.15) is 11.9 Å². The highest BCUT2D eigenvalue weighted by Gasteiger charge is 2.07. The van der Waals surface area contributed by atoms with Crippen molar-refractivity contribution in [1.82, 2.24) is 0 Å². The summed E-state index contributed by atoms with van der Waals surface area (Å²) < 4.78 is 12.8. The molecule has 1 nitrogen and oxygen atoms in total. The van der Waals surface area contributed by atoms with Crippen LogP contribution in [0.2, 0.25) is 5.02 Å².